The summed E-state index contributed by atoms with van der Waals surface area (Å²) in [6, 6.07) is 7.37. The topological polar surface area (TPSA) is 59.5 Å². The number of hydrogen-bond acceptors (Lipinski definition) is 4. The van der Waals surface area contributed by atoms with Crippen LogP contribution in [0.2, 0.25) is 0 Å². The molecule has 3 rings (SSSR count). The SMILES string of the molecule is NCC1CCN(Cc2coc3ccccc3c2=O)C1. The van der Waals surface area contributed by atoms with Crippen LogP contribution < -0.4 is 11.2 Å². The molecule has 1 aromatic carbocycles. The van der Waals surface area contributed by atoms with E-state index in [2.05, 4.69) is 4.90 Å². The van der Waals surface area contributed by atoms with Gasteiger partial charge in [0.25, 0.3) is 0 Å². The van der Waals surface area contributed by atoms with E-state index in [0.717, 1.165) is 31.6 Å². The summed E-state index contributed by atoms with van der Waals surface area (Å²) in [6.07, 6.45) is 2.72. The summed E-state index contributed by atoms with van der Waals surface area (Å²) >= 11 is 0. The Kier molecular flexibility index (Phi) is 3.36. The number of rotatable bonds is 3. The van der Waals surface area contributed by atoms with Crippen LogP contribution >= 0.6 is 0 Å². The fraction of sp³-hybridized carbons (Fsp3) is 0.400. The molecule has 19 heavy (non-hydrogen) atoms. The van der Waals surface area contributed by atoms with Gasteiger partial charge in [0, 0.05) is 18.7 Å². The molecule has 1 unspecified atom stereocenters. The number of benzene rings is 1. The van der Waals surface area contributed by atoms with Gasteiger partial charge in [0.05, 0.1) is 11.6 Å². The highest BCUT2D eigenvalue weighted by atomic mass is 16.3. The molecule has 4 heteroatoms. The molecule has 2 aromatic rings. The van der Waals surface area contributed by atoms with Crippen molar-refractivity contribution in [2.75, 3.05) is 19.6 Å². The first kappa shape index (κ1) is 12.4. The smallest absolute Gasteiger partial charge is 0.197 e. The molecule has 1 fully saturated rings. The molecule has 0 saturated carbocycles. The summed E-state index contributed by atoms with van der Waals surface area (Å²) in [7, 11) is 0. The van der Waals surface area contributed by atoms with E-state index in [1.165, 1.54) is 0 Å². The Morgan fingerprint density at radius 2 is 2.21 bits per heavy atom. The van der Waals surface area contributed by atoms with Crippen LogP contribution in [-0.2, 0) is 6.54 Å². The highest BCUT2D eigenvalue weighted by Gasteiger charge is 2.22. The van der Waals surface area contributed by atoms with E-state index in [9.17, 15) is 4.79 Å². The van der Waals surface area contributed by atoms with Crippen molar-refractivity contribution in [3.63, 3.8) is 0 Å². The molecule has 0 aliphatic carbocycles. The molecule has 2 heterocycles. The second-order valence-corrected chi connectivity index (χ2v) is 5.21. The first-order chi connectivity index (χ1) is 9.28. The third-order valence-electron chi connectivity index (χ3n) is 3.85. The highest BCUT2D eigenvalue weighted by molar-refractivity contribution is 5.76. The Bertz CT molecular complexity index is 635. The minimum Gasteiger partial charge on any atom is -0.464 e. The molecule has 0 bridgehead atoms. The predicted octanol–water partition coefficient (Wildman–Crippen LogP) is 1.57. The molecule has 1 atom stereocenters. The average molecular weight is 258 g/mol. The standard InChI is InChI=1S/C15H18N2O2/c16-7-11-5-6-17(8-11)9-12-10-19-14-4-2-1-3-13(14)15(12)18/h1-4,10-11H,5-9,16H2. The number of para-hydroxylation sites is 1. The summed E-state index contributed by atoms with van der Waals surface area (Å²) < 4.78 is 5.54. The van der Waals surface area contributed by atoms with Crippen molar-refractivity contribution in [3.05, 3.63) is 46.3 Å². The summed E-state index contributed by atoms with van der Waals surface area (Å²) in [5.74, 6) is 0.562. The largest absolute Gasteiger partial charge is 0.464 e. The molecule has 0 spiro atoms. The molecule has 0 radical (unpaired) electrons. The maximum absolute atomic E-state index is 12.4. The van der Waals surface area contributed by atoms with E-state index < -0.39 is 0 Å². The van der Waals surface area contributed by atoms with Crippen LogP contribution in [0.1, 0.15) is 12.0 Å². The van der Waals surface area contributed by atoms with E-state index in [1.807, 2.05) is 24.3 Å². The zero-order chi connectivity index (χ0) is 13.2. The minimum absolute atomic E-state index is 0.0815. The van der Waals surface area contributed by atoms with Gasteiger partial charge in [-0.05, 0) is 37.6 Å². The second kappa shape index (κ2) is 5.15. The maximum atomic E-state index is 12.4. The van der Waals surface area contributed by atoms with Crippen LogP contribution in [0.3, 0.4) is 0 Å². The van der Waals surface area contributed by atoms with Crippen LogP contribution in [0.25, 0.3) is 11.0 Å². The van der Waals surface area contributed by atoms with Gasteiger partial charge in [-0.3, -0.25) is 9.69 Å². The van der Waals surface area contributed by atoms with Crippen LogP contribution in [0.4, 0.5) is 0 Å². The molecule has 1 aliphatic heterocycles. The predicted molar refractivity (Wildman–Crippen MR) is 74.9 cm³/mol. The lowest BCUT2D eigenvalue weighted by atomic mass is 10.1. The van der Waals surface area contributed by atoms with Gasteiger partial charge in [0.2, 0.25) is 0 Å². The van der Waals surface area contributed by atoms with Crippen LogP contribution in [0, 0.1) is 5.92 Å². The fourth-order valence-electron chi connectivity index (χ4n) is 2.72. The van der Waals surface area contributed by atoms with Gasteiger partial charge >= 0.3 is 0 Å². The lowest BCUT2D eigenvalue weighted by Gasteiger charge is -2.15. The van der Waals surface area contributed by atoms with Gasteiger partial charge in [0.1, 0.15) is 5.58 Å². The van der Waals surface area contributed by atoms with Crippen molar-refractivity contribution in [1.29, 1.82) is 0 Å². The maximum Gasteiger partial charge on any atom is 0.197 e. The Balaban J connectivity index is 1.86. The van der Waals surface area contributed by atoms with Gasteiger partial charge in [-0.2, -0.15) is 0 Å². The highest BCUT2D eigenvalue weighted by Crippen LogP contribution is 2.18. The summed E-state index contributed by atoms with van der Waals surface area (Å²) in [5, 5.41) is 0.662. The summed E-state index contributed by atoms with van der Waals surface area (Å²) in [4.78, 5) is 14.6. The lowest BCUT2D eigenvalue weighted by molar-refractivity contribution is 0.314. The first-order valence-corrected chi connectivity index (χ1v) is 6.70. The molecule has 100 valence electrons. The molecule has 0 amide bonds. The number of nitrogens with zero attached hydrogens (tertiary/aromatic N) is 1. The number of fused-ring (bicyclic) bond motifs is 1. The molecule has 1 aliphatic rings. The zero-order valence-corrected chi connectivity index (χ0v) is 10.8. The third-order valence-corrected chi connectivity index (χ3v) is 3.85. The molecule has 1 aromatic heterocycles. The zero-order valence-electron chi connectivity index (χ0n) is 10.8. The van der Waals surface area contributed by atoms with E-state index >= 15 is 0 Å². The van der Waals surface area contributed by atoms with Crippen LogP contribution in [0.15, 0.2) is 39.7 Å². The van der Waals surface area contributed by atoms with Crippen LogP contribution in [-0.4, -0.2) is 24.5 Å². The van der Waals surface area contributed by atoms with Gasteiger partial charge in [0.15, 0.2) is 5.43 Å². The average Bonchev–Trinajstić information content (AvgIpc) is 2.90. The molecular weight excluding hydrogens is 240 g/mol. The Morgan fingerprint density at radius 3 is 3.00 bits per heavy atom. The van der Waals surface area contributed by atoms with E-state index in [1.54, 1.807) is 6.26 Å². The van der Waals surface area contributed by atoms with E-state index in [0.29, 0.717) is 23.4 Å². The van der Waals surface area contributed by atoms with Crippen molar-refractivity contribution in [2.45, 2.75) is 13.0 Å². The van der Waals surface area contributed by atoms with E-state index in [4.69, 9.17) is 10.2 Å². The van der Waals surface area contributed by atoms with Crippen molar-refractivity contribution < 1.29 is 4.42 Å². The molecular formula is C15H18N2O2. The van der Waals surface area contributed by atoms with Crippen molar-refractivity contribution in [3.8, 4) is 0 Å². The van der Waals surface area contributed by atoms with Crippen molar-refractivity contribution in [2.24, 2.45) is 11.7 Å². The number of hydrogen-bond donors (Lipinski definition) is 1. The summed E-state index contributed by atoms with van der Waals surface area (Å²) in [5.41, 5.74) is 7.15. The Hall–Kier alpha value is -1.65. The van der Waals surface area contributed by atoms with Gasteiger partial charge in [-0.1, -0.05) is 12.1 Å². The van der Waals surface area contributed by atoms with Gasteiger partial charge in [-0.25, -0.2) is 0 Å². The molecule has 4 nitrogen and oxygen atoms in total. The van der Waals surface area contributed by atoms with Crippen LogP contribution in [0.5, 0.6) is 0 Å². The quantitative estimate of drug-likeness (QED) is 0.908. The number of nitrogens with two attached hydrogens (primary N) is 1. The third kappa shape index (κ3) is 2.41. The molecule has 2 N–H and O–H groups in total. The second-order valence-electron chi connectivity index (χ2n) is 5.21. The first-order valence-electron chi connectivity index (χ1n) is 6.70. The van der Waals surface area contributed by atoms with Gasteiger partial charge in [-0.15, -0.1) is 0 Å². The Labute approximate surface area is 111 Å². The summed E-state index contributed by atoms with van der Waals surface area (Å²) in [6.45, 7) is 3.36. The lowest BCUT2D eigenvalue weighted by Crippen LogP contribution is -2.25. The minimum atomic E-state index is 0.0815. The number of likely N-dealkylation sites (tertiary alicyclic amines) is 1. The fourth-order valence-corrected chi connectivity index (χ4v) is 2.72. The Morgan fingerprint density at radius 1 is 1.37 bits per heavy atom. The van der Waals surface area contributed by atoms with E-state index in [-0.39, 0.29) is 5.43 Å². The van der Waals surface area contributed by atoms with Crippen molar-refractivity contribution in [1.82, 2.24) is 4.90 Å². The molecule has 1 saturated heterocycles. The van der Waals surface area contributed by atoms with Gasteiger partial charge < -0.3 is 10.2 Å². The van der Waals surface area contributed by atoms with Crippen molar-refractivity contribution >= 4 is 11.0 Å². The normalized spacial score (nSPS) is 20.2. The monoisotopic (exact) mass is 258 g/mol.